The third-order valence-electron chi connectivity index (χ3n) is 2.34. The van der Waals surface area contributed by atoms with Gasteiger partial charge in [0, 0.05) is 12.7 Å². The van der Waals surface area contributed by atoms with Gasteiger partial charge in [0.1, 0.15) is 0 Å². The van der Waals surface area contributed by atoms with Crippen molar-refractivity contribution in [3.05, 3.63) is 40.9 Å². The Morgan fingerprint density at radius 3 is 2.56 bits per heavy atom. The molecule has 2 rings (SSSR count). The Hall–Kier alpha value is -1.68. The number of carbonyl (C=O) groups is 1. The molecule has 0 saturated heterocycles. The van der Waals surface area contributed by atoms with E-state index >= 15 is 0 Å². The van der Waals surface area contributed by atoms with E-state index in [1.54, 1.807) is 6.20 Å². The molecule has 0 unspecified atom stereocenters. The molecule has 0 aliphatic carbocycles. The van der Waals surface area contributed by atoms with Gasteiger partial charge in [-0.1, -0.05) is 29.0 Å². The summed E-state index contributed by atoms with van der Waals surface area (Å²) >= 11 is 1.39. The first kappa shape index (κ1) is 10.8. The minimum atomic E-state index is 0.647. The highest BCUT2D eigenvalue weighted by Crippen LogP contribution is 2.27. The number of nitrogens with zero attached hydrogens (tertiary/aromatic N) is 2. The van der Waals surface area contributed by atoms with Gasteiger partial charge in [0.15, 0.2) is 11.4 Å². The van der Waals surface area contributed by atoms with E-state index in [4.69, 9.17) is 0 Å². The van der Waals surface area contributed by atoms with Gasteiger partial charge in [-0.2, -0.15) is 0 Å². The van der Waals surface area contributed by atoms with Crippen molar-refractivity contribution in [3.8, 4) is 0 Å². The Kier molecular flexibility index (Phi) is 3.01. The Balaban J connectivity index is 2.27. The van der Waals surface area contributed by atoms with Crippen LogP contribution in [0.4, 0.5) is 10.8 Å². The van der Waals surface area contributed by atoms with Crippen molar-refractivity contribution in [2.45, 2.75) is 6.92 Å². The molecule has 1 aromatic heterocycles. The summed E-state index contributed by atoms with van der Waals surface area (Å²) in [4.78, 5) is 17.4. The third-order valence-corrected chi connectivity index (χ3v) is 3.33. The molecule has 3 nitrogen and oxygen atoms in total. The fraction of sp³-hybridized carbons (Fsp3) is 0.167. The van der Waals surface area contributed by atoms with Gasteiger partial charge in [0.2, 0.25) is 0 Å². The second-order valence-electron chi connectivity index (χ2n) is 3.56. The average Bonchev–Trinajstić information content (AvgIpc) is 2.77. The zero-order valence-corrected chi connectivity index (χ0v) is 9.99. The molecule has 16 heavy (non-hydrogen) atoms. The molecule has 0 N–H and O–H groups in total. The molecule has 0 fully saturated rings. The summed E-state index contributed by atoms with van der Waals surface area (Å²) in [6.07, 6.45) is 2.42. The largest absolute Gasteiger partial charge is 0.321 e. The van der Waals surface area contributed by atoms with Crippen molar-refractivity contribution < 1.29 is 4.79 Å². The zero-order chi connectivity index (χ0) is 11.5. The standard InChI is InChI=1S/C12H12N2OS/c1-9-3-5-10(6-4-9)14(2)12-13-7-11(8-15)16-12/h3-8H,1-2H3. The highest BCUT2D eigenvalue weighted by molar-refractivity contribution is 7.17. The Bertz CT molecular complexity index is 490. The number of thiazole rings is 1. The molecule has 0 radical (unpaired) electrons. The van der Waals surface area contributed by atoms with Crippen molar-refractivity contribution in [2.24, 2.45) is 0 Å². The van der Waals surface area contributed by atoms with E-state index < -0.39 is 0 Å². The van der Waals surface area contributed by atoms with Crippen LogP contribution in [0.1, 0.15) is 15.2 Å². The number of aryl methyl sites for hydroxylation is 1. The summed E-state index contributed by atoms with van der Waals surface area (Å²) < 4.78 is 0. The Labute approximate surface area is 98.4 Å². The average molecular weight is 232 g/mol. The Morgan fingerprint density at radius 2 is 2.00 bits per heavy atom. The summed E-state index contributed by atoms with van der Waals surface area (Å²) in [6, 6.07) is 8.19. The molecular weight excluding hydrogens is 220 g/mol. The molecule has 1 heterocycles. The lowest BCUT2D eigenvalue weighted by Gasteiger charge is -2.15. The molecular formula is C12H12N2OS. The predicted molar refractivity (Wildman–Crippen MR) is 66.7 cm³/mol. The normalized spacial score (nSPS) is 10.1. The van der Waals surface area contributed by atoms with E-state index in [0.717, 1.165) is 17.1 Å². The van der Waals surface area contributed by atoms with E-state index in [1.165, 1.54) is 16.9 Å². The summed E-state index contributed by atoms with van der Waals surface area (Å²) in [5.74, 6) is 0. The SMILES string of the molecule is Cc1ccc(N(C)c2ncc(C=O)s2)cc1. The molecule has 0 saturated carbocycles. The van der Waals surface area contributed by atoms with Crippen LogP contribution in [0.3, 0.4) is 0 Å². The molecule has 0 aliphatic heterocycles. The van der Waals surface area contributed by atoms with E-state index in [1.807, 2.05) is 24.1 Å². The van der Waals surface area contributed by atoms with Crippen molar-refractivity contribution in [1.82, 2.24) is 4.98 Å². The molecule has 1 aromatic carbocycles. The second kappa shape index (κ2) is 4.45. The van der Waals surface area contributed by atoms with Crippen LogP contribution >= 0.6 is 11.3 Å². The number of rotatable bonds is 3. The van der Waals surface area contributed by atoms with Gasteiger partial charge in [-0.25, -0.2) is 4.98 Å². The fourth-order valence-electron chi connectivity index (χ4n) is 1.37. The van der Waals surface area contributed by atoms with Gasteiger partial charge in [-0.3, -0.25) is 4.79 Å². The maximum absolute atomic E-state index is 10.6. The lowest BCUT2D eigenvalue weighted by Crippen LogP contribution is -2.08. The summed E-state index contributed by atoms with van der Waals surface area (Å²) in [5.41, 5.74) is 2.29. The Morgan fingerprint density at radius 1 is 1.31 bits per heavy atom. The third kappa shape index (κ3) is 2.12. The highest BCUT2D eigenvalue weighted by Gasteiger charge is 2.08. The van der Waals surface area contributed by atoms with Gasteiger partial charge >= 0.3 is 0 Å². The summed E-state index contributed by atoms with van der Waals surface area (Å²) in [5, 5.41) is 0.825. The summed E-state index contributed by atoms with van der Waals surface area (Å²) in [6.45, 7) is 2.05. The highest BCUT2D eigenvalue weighted by atomic mass is 32.1. The predicted octanol–water partition coefficient (Wildman–Crippen LogP) is 3.03. The number of aldehydes is 1. The van der Waals surface area contributed by atoms with Crippen LogP contribution in [0.2, 0.25) is 0 Å². The van der Waals surface area contributed by atoms with Crippen LogP contribution in [0.15, 0.2) is 30.5 Å². The number of anilines is 2. The maximum atomic E-state index is 10.6. The second-order valence-corrected chi connectivity index (χ2v) is 4.60. The molecule has 2 aromatic rings. The lowest BCUT2D eigenvalue weighted by atomic mass is 10.2. The van der Waals surface area contributed by atoms with Crippen molar-refractivity contribution in [1.29, 1.82) is 0 Å². The topological polar surface area (TPSA) is 33.2 Å². The van der Waals surface area contributed by atoms with Crippen LogP contribution in [0.25, 0.3) is 0 Å². The quantitative estimate of drug-likeness (QED) is 0.763. The molecule has 82 valence electrons. The molecule has 0 atom stereocenters. The van der Waals surface area contributed by atoms with Crippen LogP contribution in [-0.4, -0.2) is 18.3 Å². The van der Waals surface area contributed by atoms with Gasteiger partial charge in [0.25, 0.3) is 0 Å². The van der Waals surface area contributed by atoms with E-state index in [0.29, 0.717) is 4.88 Å². The van der Waals surface area contributed by atoms with Crippen molar-refractivity contribution >= 4 is 28.4 Å². The molecule has 0 spiro atoms. The maximum Gasteiger partial charge on any atom is 0.190 e. The number of aromatic nitrogens is 1. The van der Waals surface area contributed by atoms with Gasteiger partial charge in [-0.15, -0.1) is 0 Å². The van der Waals surface area contributed by atoms with Gasteiger partial charge < -0.3 is 4.90 Å². The van der Waals surface area contributed by atoms with E-state index in [-0.39, 0.29) is 0 Å². The van der Waals surface area contributed by atoms with Gasteiger partial charge in [0.05, 0.1) is 11.1 Å². The minimum absolute atomic E-state index is 0.647. The molecule has 4 heteroatoms. The van der Waals surface area contributed by atoms with Crippen LogP contribution in [-0.2, 0) is 0 Å². The first-order valence-electron chi connectivity index (χ1n) is 4.92. The van der Waals surface area contributed by atoms with Crippen molar-refractivity contribution in [3.63, 3.8) is 0 Å². The summed E-state index contributed by atoms with van der Waals surface area (Å²) in [7, 11) is 1.94. The van der Waals surface area contributed by atoms with Crippen molar-refractivity contribution in [2.75, 3.05) is 11.9 Å². The van der Waals surface area contributed by atoms with Gasteiger partial charge in [-0.05, 0) is 19.1 Å². The molecule has 0 aliphatic rings. The number of hydrogen-bond donors (Lipinski definition) is 0. The zero-order valence-electron chi connectivity index (χ0n) is 9.18. The smallest absolute Gasteiger partial charge is 0.190 e. The number of carbonyl (C=O) groups excluding carboxylic acids is 1. The number of hydrogen-bond acceptors (Lipinski definition) is 4. The fourth-order valence-corrected chi connectivity index (χ4v) is 2.08. The van der Waals surface area contributed by atoms with Crippen LogP contribution in [0, 0.1) is 6.92 Å². The number of benzene rings is 1. The molecule has 0 bridgehead atoms. The first-order chi connectivity index (χ1) is 7.70. The van der Waals surface area contributed by atoms with Crippen LogP contribution < -0.4 is 4.90 Å². The van der Waals surface area contributed by atoms with E-state index in [9.17, 15) is 4.79 Å². The van der Waals surface area contributed by atoms with Crippen LogP contribution in [0.5, 0.6) is 0 Å². The minimum Gasteiger partial charge on any atom is -0.321 e. The monoisotopic (exact) mass is 232 g/mol. The first-order valence-corrected chi connectivity index (χ1v) is 5.74. The van der Waals surface area contributed by atoms with E-state index in [2.05, 4.69) is 24.0 Å². The molecule has 0 amide bonds. The lowest BCUT2D eigenvalue weighted by molar-refractivity contribution is 0.112.